The second-order valence-electron chi connectivity index (χ2n) is 8.22. The number of nitrogens with one attached hydrogen (secondary N) is 1. The molecule has 2 amide bonds. The lowest BCUT2D eigenvalue weighted by Crippen LogP contribution is -2.37. The number of ether oxygens (including phenoxy) is 2. The first kappa shape index (κ1) is 26.6. The molecule has 4 rings (SSSR count). The van der Waals surface area contributed by atoms with Crippen molar-refractivity contribution in [3.8, 4) is 5.75 Å². The van der Waals surface area contributed by atoms with Gasteiger partial charge >= 0.3 is 6.18 Å². The molecule has 0 saturated carbocycles. The molecule has 0 aliphatic heterocycles. The molecule has 3 aromatic carbocycles. The Morgan fingerprint density at radius 2 is 1.68 bits per heavy atom. The van der Waals surface area contributed by atoms with E-state index >= 15 is 0 Å². The fourth-order valence-electron chi connectivity index (χ4n) is 3.52. The van der Waals surface area contributed by atoms with Crippen molar-refractivity contribution in [2.75, 3.05) is 37.5 Å². The summed E-state index contributed by atoms with van der Waals surface area (Å²) in [4.78, 5) is 26.5. The third-order valence-electron chi connectivity index (χ3n) is 5.39. The van der Waals surface area contributed by atoms with Gasteiger partial charge in [-0.2, -0.15) is 13.2 Å². The second-order valence-corrected chi connectivity index (χ2v) is 8.22. The normalized spacial score (nSPS) is 11.3. The van der Waals surface area contributed by atoms with E-state index in [2.05, 4.69) is 5.32 Å². The summed E-state index contributed by atoms with van der Waals surface area (Å²) in [5, 5.41) is 3.40. The van der Waals surface area contributed by atoms with Gasteiger partial charge in [-0.3, -0.25) is 9.59 Å². The number of benzene rings is 3. The Hall–Kier alpha value is -4.51. The van der Waals surface area contributed by atoms with Crippen LogP contribution in [0.1, 0.15) is 20.9 Å². The predicted octanol–water partition coefficient (Wildman–Crippen LogP) is 5.32. The summed E-state index contributed by atoms with van der Waals surface area (Å²) in [6.45, 7) is -2.24. The summed E-state index contributed by atoms with van der Waals surface area (Å²) in [6.07, 6.45) is -4.54. The smallest absolute Gasteiger partial charge is 0.411 e. The van der Waals surface area contributed by atoms with Gasteiger partial charge in [0.25, 0.3) is 11.8 Å². The molecule has 198 valence electrons. The largest absolute Gasteiger partial charge is 0.492 e. The van der Waals surface area contributed by atoms with Gasteiger partial charge in [0.2, 0.25) is 0 Å². The number of nitrogens with two attached hydrogens (primary N) is 1. The highest BCUT2D eigenvalue weighted by Crippen LogP contribution is 2.22. The van der Waals surface area contributed by atoms with Crippen LogP contribution in [0.4, 0.5) is 24.5 Å². The van der Waals surface area contributed by atoms with Crippen LogP contribution in [-0.4, -0.2) is 49.4 Å². The van der Waals surface area contributed by atoms with Gasteiger partial charge in [-0.05, 0) is 48.5 Å². The van der Waals surface area contributed by atoms with Crippen LogP contribution in [0.25, 0.3) is 11.0 Å². The van der Waals surface area contributed by atoms with Crippen LogP contribution < -0.4 is 15.8 Å². The van der Waals surface area contributed by atoms with Gasteiger partial charge in [0, 0.05) is 10.9 Å². The molecule has 0 spiro atoms. The van der Waals surface area contributed by atoms with Crippen molar-refractivity contribution >= 4 is 34.2 Å². The molecule has 11 heteroatoms. The van der Waals surface area contributed by atoms with Crippen LogP contribution in [0.15, 0.2) is 83.3 Å². The Balaban J connectivity index is 1.36. The maximum atomic E-state index is 13.0. The van der Waals surface area contributed by atoms with E-state index in [-0.39, 0.29) is 24.8 Å². The minimum absolute atomic E-state index is 0.0313. The van der Waals surface area contributed by atoms with E-state index in [1.807, 2.05) is 0 Å². The van der Waals surface area contributed by atoms with Gasteiger partial charge in [0.1, 0.15) is 31.3 Å². The number of hydrogen-bond acceptors (Lipinski definition) is 6. The topological polar surface area (TPSA) is 107 Å². The highest BCUT2D eigenvalue weighted by molar-refractivity contribution is 6.05. The number of nitrogens with zero attached hydrogens (tertiary/aromatic N) is 1. The number of hydrogen-bond donors (Lipinski definition) is 2. The molecule has 0 aliphatic carbocycles. The van der Waals surface area contributed by atoms with Crippen LogP contribution in [0, 0.1) is 0 Å². The molecule has 38 heavy (non-hydrogen) atoms. The first-order chi connectivity index (χ1) is 18.2. The Bertz CT molecular complexity index is 1370. The number of carbonyl (C=O) groups excluding carboxylic acids is 2. The first-order valence-electron chi connectivity index (χ1n) is 11.5. The molecule has 8 nitrogen and oxygen atoms in total. The summed E-state index contributed by atoms with van der Waals surface area (Å²) in [5.74, 6) is -0.637. The molecule has 0 atom stereocenters. The molecular weight excluding hydrogens is 503 g/mol. The van der Waals surface area contributed by atoms with Crippen molar-refractivity contribution < 1.29 is 36.7 Å². The second kappa shape index (κ2) is 11.7. The zero-order valence-corrected chi connectivity index (χ0v) is 20.0. The van der Waals surface area contributed by atoms with Gasteiger partial charge in [-0.25, -0.2) is 0 Å². The molecule has 0 radical (unpaired) electrons. The van der Waals surface area contributed by atoms with Crippen LogP contribution in [0.3, 0.4) is 0 Å². The highest BCUT2D eigenvalue weighted by atomic mass is 19.4. The molecular formula is C27H24F3N3O5. The Morgan fingerprint density at radius 3 is 2.39 bits per heavy atom. The van der Waals surface area contributed by atoms with E-state index in [4.69, 9.17) is 19.6 Å². The molecule has 0 aliphatic rings. The molecule has 4 aromatic rings. The number of rotatable bonds is 10. The summed E-state index contributed by atoms with van der Waals surface area (Å²) in [7, 11) is 0. The van der Waals surface area contributed by atoms with Crippen molar-refractivity contribution in [3.63, 3.8) is 0 Å². The lowest BCUT2D eigenvalue weighted by Gasteiger charge is -2.22. The molecule has 0 fully saturated rings. The SMILES string of the molecule is Nc1ccccc1NC(=O)c1ccc(OCCN(COCC(F)(F)F)C(=O)c2cc3ccccc3o2)cc1. The van der Waals surface area contributed by atoms with Gasteiger partial charge in [0.15, 0.2) is 5.76 Å². The molecule has 0 bridgehead atoms. The highest BCUT2D eigenvalue weighted by Gasteiger charge is 2.29. The van der Waals surface area contributed by atoms with E-state index in [0.717, 1.165) is 4.90 Å². The van der Waals surface area contributed by atoms with Crippen LogP contribution >= 0.6 is 0 Å². The maximum Gasteiger partial charge on any atom is 0.411 e. The quantitative estimate of drug-likeness (QED) is 0.213. The third kappa shape index (κ3) is 7.04. The molecule has 1 heterocycles. The number of alkyl halides is 3. The van der Waals surface area contributed by atoms with E-state index in [1.54, 1.807) is 72.8 Å². The number of amides is 2. The van der Waals surface area contributed by atoms with E-state index in [9.17, 15) is 22.8 Å². The van der Waals surface area contributed by atoms with Gasteiger partial charge in [-0.15, -0.1) is 0 Å². The number of fused-ring (bicyclic) bond motifs is 1. The number of furan rings is 1. The summed E-state index contributed by atoms with van der Waals surface area (Å²) < 4.78 is 53.6. The van der Waals surface area contributed by atoms with E-state index in [1.165, 1.54) is 6.07 Å². The van der Waals surface area contributed by atoms with Crippen molar-refractivity contribution in [2.45, 2.75) is 6.18 Å². The Kier molecular flexibility index (Phi) is 8.17. The number of nitrogen functional groups attached to an aromatic ring is 1. The monoisotopic (exact) mass is 527 g/mol. The van der Waals surface area contributed by atoms with Crippen molar-refractivity contribution in [3.05, 3.63) is 90.2 Å². The van der Waals surface area contributed by atoms with Crippen LogP contribution in [0.2, 0.25) is 0 Å². The van der Waals surface area contributed by atoms with Crippen molar-refractivity contribution in [2.24, 2.45) is 0 Å². The standard InChI is InChI=1S/C27H24F3N3O5/c28-27(29,30)16-36-17-33(26(35)24-15-19-5-1-4-8-23(19)38-24)13-14-37-20-11-9-18(10-12-20)25(34)32-22-7-3-2-6-21(22)31/h1-12,15H,13-14,16-17,31H2,(H,32,34). The first-order valence-corrected chi connectivity index (χ1v) is 11.5. The van der Waals surface area contributed by atoms with Gasteiger partial charge in [-0.1, -0.05) is 30.3 Å². The zero-order valence-electron chi connectivity index (χ0n) is 20.0. The molecule has 3 N–H and O–H groups in total. The third-order valence-corrected chi connectivity index (χ3v) is 5.39. The Morgan fingerprint density at radius 1 is 0.974 bits per heavy atom. The lowest BCUT2D eigenvalue weighted by atomic mass is 10.2. The average Bonchev–Trinajstić information content (AvgIpc) is 3.33. The number of para-hydroxylation sites is 3. The predicted molar refractivity (Wildman–Crippen MR) is 135 cm³/mol. The van der Waals surface area contributed by atoms with E-state index in [0.29, 0.717) is 33.7 Å². The summed E-state index contributed by atoms with van der Waals surface area (Å²) in [6, 6.07) is 21.5. The fraction of sp³-hybridized carbons (Fsp3) is 0.185. The minimum atomic E-state index is -4.54. The number of halogens is 3. The van der Waals surface area contributed by atoms with Crippen molar-refractivity contribution in [1.29, 1.82) is 0 Å². The maximum absolute atomic E-state index is 13.0. The number of anilines is 2. The zero-order chi connectivity index (χ0) is 27.1. The van der Waals surface area contributed by atoms with Crippen LogP contribution in [-0.2, 0) is 4.74 Å². The van der Waals surface area contributed by atoms with Crippen LogP contribution in [0.5, 0.6) is 5.75 Å². The minimum Gasteiger partial charge on any atom is -0.492 e. The molecule has 1 aromatic heterocycles. The molecule has 0 saturated heterocycles. The van der Waals surface area contributed by atoms with E-state index < -0.39 is 25.4 Å². The Labute approximate surface area is 215 Å². The number of carbonyl (C=O) groups is 2. The average molecular weight is 527 g/mol. The van der Waals surface area contributed by atoms with Crippen molar-refractivity contribution in [1.82, 2.24) is 4.90 Å². The van der Waals surface area contributed by atoms with Gasteiger partial charge in [0.05, 0.1) is 17.9 Å². The van der Waals surface area contributed by atoms with Gasteiger partial charge < -0.3 is 29.8 Å². The molecule has 0 unspecified atom stereocenters. The summed E-state index contributed by atoms with van der Waals surface area (Å²) in [5.41, 5.74) is 7.60. The summed E-state index contributed by atoms with van der Waals surface area (Å²) >= 11 is 0. The fourth-order valence-corrected chi connectivity index (χ4v) is 3.52. The lowest BCUT2D eigenvalue weighted by molar-refractivity contribution is -0.181.